The van der Waals surface area contributed by atoms with Crippen molar-refractivity contribution in [3.63, 3.8) is 0 Å². The zero-order valence-electron chi connectivity index (χ0n) is 29.4. The van der Waals surface area contributed by atoms with Crippen LogP contribution in [0, 0.1) is 0 Å². The number of benzene rings is 2. The van der Waals surface area contributed by atoms with Crippen LogP contribution in [0.15, 0.2) is 66.8 Å². The molecule has 15 heteroatoms. The Balaban J connectivity index is 1.47. The number of methoxy groups -OCH3 is 1. The Labute approximate surface area is 298 Å². The number of hydrogen-bond donors (Lipinski definition) is 0. The Hall–Kier alpha value is -4.79. The number of ether oxygens (including phenoxy) is 2. The summed E-state index contributed by atoms with van der Waals surface area (Å²) in [5, 5.41) is 4.33. The molecule has 0 amide bonds. The zero-order valence-corrected chi connectivity index (χ0v) is 29.4. The molecule has 6 rings (SSSR count). The van der Waals surface area contributed by atoms with Gasteiger partial charge in [-0.3, -0.25) is 4.68 Å². The van der Waals surface area contributed by atoms with Crippen molar-refractivity contribution in [3.8, 4) is 5.75 Å². The van der Waals surface area contributed by atoms with Gasteiger partial charge in [0.15, 0.2) is 0 Å². The van der Waals surface area contributed by atoms with Crippen LogP contribution >= 0.6 is 0 Å². The second-order valence-corrected chi connectivity index (χ2v) is 13.4. The van der Waals surface area contributed by atoms with E-state index in [4.69, 9.17) is 9.47 Å². The number of rotatable bonds is 10. The number of anilines is 3. The van der Waals surface area contributed by atoms with E-state index in [9.17, 15) is 26.3 Å². The molecular formula is C37H41F6N7O2. The quantitative estimate of drug-likeness (QED) is 0.155. The topological polar surface area (TPSA) is 71.8 Å². The van der Waals surface area contributed by atoms with E-state index < -0.39 is 23.5 Å². The van der Waals surface area contributed by atoms with Gasteiger partial charge in [0.1, 0.15) is 5.75 Å². The minimum atomic E-state index is -4.99. The summed E-state index contributed by atoms with van der Waals surface area (Å²) in [4.78, 5) is 15.1. The summed E-state index contributed by atoms with van der Waals surface area (Å²) in [7, 11) is 3.42. The van der Waals surface area contributed by atoms with E-state index in [0.29, 0.717) is 51.6 Å². The van der Waals surface area contributed by atoms with Crippen LogP contribution in [-0.2, 0) is 30.7 Å². The highest BCUT2D eigenvalue weighted by molar-refractivity contribution is 5.77. The molecule has 4 aromatic rings. The Morgan fingerprint density at radius 2 is 1.52 bits per heavy atom. The third kappa shape index (κ3) is 8.46. The molecule has 1 saturated heterocycles. The van der Waals surface area contributed by atoms with E-state index >= 15 is 0 Å². The average molecular weight is 730 g/mol. The number of aromatic nitrogens is 4. The summed E-state index contributed by atoms with van der Waals surface area (Å²) >= 11 is 0. The van der Waals surface area contributed by atoms with Crippen LogP contribution in [0.1, 0.15) is 54.0 Å². The third-order valence-electron chi connectivity index (χ3n) is 9.40. The first-order valence-corrected chi connectivity index (χ1v) is 17.0. The van der Waals surface area contributed by atoms with Crippen molar-refractivity contribution in [1.29, 1.82) is 0 Å². The van der Waals surface area contributed by atoms with Gasteiger partial charge < -0.3 is 24.2 Å². The van der Waals surface area contributed by atoms with Crippen molar-refractivity contribution in [2.75, 3.05) is 67.7 Å². The second kappa shape index (κ2) is 15.1. The van der Waals surface area contributed by atoms with Crippen LogP contribution < -0.4 is 19.4 Å². The predicted octanol–water partition coefficient (Wildman–Crippen LogP) is 7.59. The summed E-state index contributed by atoms with van der Waals surface area (Å²) in [5.41, 5.74) is 2.54. The van der Waals surface area contributed by atoms with Gasteiger partial charge in [-0.1, -0.05) is 19.9 Å². The number of nitrogens with zero attached hydrogens (tertiary/aromatic N) is 7. The molecule has 0 bridgehead atoms. The lowest BCUT2D eigenvalue weighted by molar-refractivity contribution is -0.143. The Kier molecular flexibility index (Phi) is 10.7. The Morgan fingerprint density at radius 3 is 2.10 bits per heavy atom. The smallest absolute Gasteiger partial charge is 0.416 e. The lowest BCUT2D eigenvalue weighted by atomic mass is 9.89. The van der Waals surface area contributed by atoms with Crippen LogP contribution in [0.25, 0.3) is 5.57 Å². The molecule has 9 nitrogen and oxygen atoms in total. The van der Waals surface area contributed by atoms with Crippen LogP contribution in [0.4, 0.5) is 43.7 Å². The minimum Gasteiger partial charge on any atom is -0.496 e. The van der Waals surface area contributed by atoms with E-state index in [1.807, 2.05) is 25.4 Å². The van der Waals surface area contributed by atoms with Gasteiger partial charge >= 0.3 is 12.4 Å². The van der Waals surface area contributed by atoms with Gasteiger partial charge in [-0.2, -0.15) is 31.4 Å². The molecule has 278 valence electrons. The molecule has 0 spiro atoms. The van der Waals surface area contributed by atoms with Crippen molar-refractivity contribution >= 4 is 22.9 Å². The van der Waals surface area contributed by atoms with Gasteiger partial charge in [0.2, 0.25) is 5.95 Å². The molecule has 52 heavy (non-hydrogen) atoms. The Bertz CT molecular complexity index is 1850. The predicted molar refractivity (Wildman–Crippen MR) is 187 cm³/mol. The Morgan fingerprint density at radius 1 is 0.846 bits per heavy atom. The number of morpholine rings is 1. The molecule has 4 heterocycles. The van der Waals surface area contributed by atoms with E-state index in [2.05, 4.69) is 44.8 Å². The van der Waals surface area contributed by atoms with Gasteiger partial charge in [-0.25, -0.2) is 9.97 Å². The standard InChI is InChI=1S/C37H41F6N7O2/c1-24(2)26-5-6-34(51-4)33(15-26)32-7-8-49(31-19-46-47(3)23-31)21-27(32)22-50(35-44-17-30(18-45-35)48-9-11-52-12-10-48)20-25-13-28(36(38,39)40)16-29(14-25)37(41,42)43/h5-6,13-19,23-24H,7-12,20-22H2,1-4H3. The molecule has 0 atom stereocenters. The van der Waals surface area contributed by atoms with E-state index in [1.165, 1.54) is 0 Å². The molecule has 0 radical (unpaired) electrons. The highest BCUT2D eigenvalue weighted by Gasteiger charge is 2.37. The van der Waals surface area contributed by atoms with Gasteiger partial charge in [0, 0.05) is 58.1 Å². The SMILES string of the molecule is COc1ccc(C(C)C)cc1C1=C(CN(Cc2cc(C(F)(F)F)cc(C(F)(F)F)c2)c2ncc(N3CCOCC3)cn2)CN(c2cnn(C)c2)CC1. The molecule has 0 N–H and O–H groups in total. The lowest BCUT2D eigenvalue weighted by Crippen LogP contribution is -2.37. The van der Waals surface area contributed by atoms with Gasteiger partial charge in [0.05, 0.1) is 61.4 Å². The maximum Gasteiger partial charge on any atom is 0.416 e. The van der Waals surface area contributed by atoms with Crippen molar-refractivity contribution < 1.29 is 35.8 Å². The van der Waals surface area contributed by atoms with E-state index in [1.54, 1.807) is 35.3 Å². The van der Waals surface area contributed by atoms with Gasteiger partial charge in [0.25, 0.3) is 0 Å². The summed E-state index contributed by atoms with van der Waals surface area (Å²) in [5.74, 6) is 1.05. The average Bonchev–Trinajstić information content (AvgIpc) is 3.56. The molecule has 0 unspecified atom stereocenters. The van der Waals surface area contributed by atoms with Crippen LogP contribution in [0.2, 0.25) is 0 Å². The van der Waals surface area contributed by atoms with Crippen molar-refractivity contribution in [2.24, 2.45) is 7.05 Å². The molecule has 0 aliphatic carbocycles. The lowest BCUT2D eigenvalue weighted by Gasteiger charge is -2.35. The summed E-state index contributed by atoms with van der Waals surface area (Å²) in [6, 6.07) is 7.70. The first-order chi connectivity index (χ1) is 24.7. The normalized spacial score (nSPS) is 15.8. The van der Waals surface area contributed by atoms with Crippen molar-refractivity contribution in [1.82, 2.24) is 19.7 Å². The zero-order chi connectivity index (χ0) is 37.2. The van der Waals surface area contributed by atoms with E-state index in [-0.39, 0.29) is 36.6 Å². The molecule has 2 aromatic carbocycles. The second-order valence-electron chi connectivity index (χ2n) is 13.4. The molecule has 2 aromatic heterocycles. The summed E-state index contributed by atoms with van der Waals surface area (Å²) < 4.78 is 96.6. The molecule has 0 saturated carbocycles. The highest BCUT2D eigenvalue weighted by Crippen LogP contribution is 2.39. The van der Waals surface area contributed by atoms with Crippen LogP contribution in [0.5, 0.6) is 5.75 Å². The fraction of sp³-hybridized carbons (Fsp3) is 0.432. The van der Waals surface area contributed by atoms with Gasteiger partial charge in [-0.05, 0) is 64.9 Å². The van der Waals surface area contributed by atoms with E-state index in [0.717, 1.165) is 45.8 Å². The molecule has 2 aliphatic rings. The minimum absolute atomic E-state index is 0.107. The van der Waals surface area contributed by atoms with Gasteiger partial charge in [-0.15, -0.1) is 0 Å². The largest absolute Gasteiger partial charge is 0.496 e. The number of hydrogen-bond acceptors (Lipinski definition) is 8. The maximum atomic E-state index is 13.9. The molecular weight excluding hydrogens is 688 g/mol. The monoisotopic (exact) mass is 729 g/mol. The first-order valence-electron chi connectivity index (χ1n) is 17.0. The first kappa shape index (κ1) is 37.0. The molecule has 1 fully saturated rings. The summed E-state index contributed by atoms with van der Waals surface area (Å²) in [6.45, 7) is 7.37. The maximum absolute atomic E-state index is 13.9. The van der Waals surface area contributed by atoms with Crippen molar-refractivity contribution in [3.05, 3.63) is 94.6 Å². The van der Waals surface area contributed by atoms with Crippen LogP contribution in [0.3, 0.4) is 0 Å². The number of alkyl halides is 6. The summed E-state index contributed by atoms with van der Waals surface area (Å²) in [6.07, 6.45) is -2.47. The third-order valence-corrected chi connectivity index (χ3v) is 9.40. The molecule has 2 aliphatic heterocycles. The highest BCUT2D eigenvalue weighted by atomic mass is 19.4. The van der Waals surface area contributed by atoms with Crippen molar-refractivity contribution in [2.45, 2.75) is 45.1 Å². The fourth-order valence-electron chi connectivity index (χ4n) is 6.63. The van der Waals surface area contributed by atoms with Crippen LogP contribution in [-0.4, -0.2) is 72.8 Å². The number of aryl methyl sites for hydroxylation is 1. The number of halogens is 6. The fourth-order valence-corrected chi connectivity index (χ4v) is 6.63.